The van der Waals surface area contributed by atoms with Crippen molar-refractivity contribution in [2.75, 3.05) is 24.4 Å². The smallest absolute Gasteiger partial charge is 0.252 e. The van der Waals surface area contributed by atoms with Crippen LogP contribution in [0.3, 0.4) is 0 Å². The number of rotatable bonds is 8. The Labute approximate surface area is 220 Å². The summed E-state index contributed by atoms with van der Waals surface area (Å²) >= 11 is 0. The lowest BCUT2D eigenvalue weighted by atomic mass is 9.70. The van der Waals surface area contributed by atoms with Crippen LogP contribution in [0.5, 0.6) is 5.75 Å². The van der Waals surface area contributed by atoms with Crippen molar-refractivity contribution in [1.82, 2.24) is 14.8 Å². The number of nitrogens with one attached hydrogen (secondary N) is 2. The molecular weight excluding hydrogens is 484 g/mol. The topological polar surface area (TPSA) is 133 Å². The van der Waals surface area contributed by atoms with Crippen LogP contribution in [0.1, 0.15) is 61.3 Å². The van der Waals surface area contributed by atoms with Gasteiger partial charge in [-0.3, -0.25) is 14.3 Å². The molecule has 2 aliphatic carbocycles. The maximum atomic E-state index is 12.2. The van der Waals surface area contributed by atoms with Gasteiger partial charge in [0.1, 0.15) is 11.6 Å². The summed E-state index contributed by atoms with van der Waals surface area (Å²) in [6.45, 7) is 0.820. The Hall–Kier alpha value is -3.92. The van der Waals surface area contributed by atoms with E-state index in [4.69, 9.17) is 20.3 Å². The normalized spacial score (nSPS) is 22.5. The fraction of sp³-hybridized carbons (Fsp3) is 0.429. The number of anilines is 3. The second-order valence-corrected chi connectivity index (χ2v) is 10.4. The number of primary amides is 1. The summed E-state index contributed by atoms with van der Waals surface area (Å²) in [6.07, 6.45) is 12.6. The van der Waals surface area contributed by atoms with Gasteiger partial charge >= 0.3 is 0 Å². The second-order valence-electron chi connectivity index (χ2n) is 10.4. The number of aromatic nitrogens is 3. The monoisotopic (exact) mass is 516 g/mol. The number of pyridine rings is 1. The first-order valence-electron chi connectivity index (χ1n) is 13.2. The zero-order valence-electron chi connectivity index (χ0n) is 21.4. The summed E-state index contributed by atoms with van der Waals surface area (Å²) in [5.74, 6) is 0.279. The third-order valence-corrected chi connectivity index (χ3v) is 7.92. The Balaban J connectivity index is 1.29. The van der Waals surface area contributed by atoms with Crippen molar-refractivity contribution in [3.05, 3.63) is 48.4 Å². The summed E-state index contributed by atoms with van der Waals surface area (Å²) in [6, 6.07) is 7.60. The van der Waals surface area contributed by atoms with E-state index in [-0.39, 0.29) is 29.0 Å². The van der Waals surface area contributed by atoms with Crippen molar-refractivity contribution < 1.29 is 19.1 Å². The van der Waals surface area contributed by atoms with E-state index in [2.05, 4.69) is 21.8 Å². The van der Waals surface area contributed by atoms with Crippen LogP contribution < -0.4 is 21.1 Å². The average Bonchev–Trinajstić information content (AvgIpc) is 3.67. The molecule has 1 aromatic carbocycles. The molecule has 1 aliphatic heterocycles. The van der Waals surface area contributed by atoms with Crippen LogP contribution in [-0.2, 0) is 9.53 Å². The molecule has 3 heterocycles. The molecule has 2 aromatic heterocycles. The minimum Gasteiger partial charge on any atom is -0.494 e. The SMILES string of the molecule is COc1c(Nc2cc(NC(=O)C3CC3)ncc2C(N)=O)cccc1-c1cnn(C2CC[C@@]23CCCCO3)c1. The molecule has 10 nitrogen and oxygen atoms in total. The Kier molecular flexibility index (Phi) is 6.27. The van der Waals surface area contributed by atoms with Gasteiger partial charge in [0.2, 0.25) is 5.91 Å². The van der Waals surface area contributed by atoms with E-state index < -0.39 is 5.91 Å². The maximum absolute atomic E-state index is 12.2. The molecule has 3 aliphatic rings. The van der Waals surface area contributed by atoms with Crippen molar-refractivity contribution in [3.8, 4) is 16.9 Å². The summed E-state index contributed by atoms with van der Waals surface area (Å²) < 4.78 is 14.1. The molecule has 1 saturated heterocycles. The standard InChI is InChI=1S/C28H32N6O4/c1-37-25-19(18-14-31-34(16-18)23-9-11-28(23)10-2-3-12-38-28)5-4-6-21(25)32-22-13-24(30-15-20(22)26(29)35)33-27(36)17-7-8-17/h4-6,13-17,23H,2-3,7-12H2,1H3,(H2,29,35)(H2,30,32,33,36)/t23?,28-/m0/s1. The molecule has 1 unspecified atom stereocenters. The van der Waals surface area contributed by atoms with Crippen molar-refractivity contribution in [3.63, 3.8) is 0 Å². The van der Waals surface area contributed by atoms with Gasteiger partial charge in [-0.2, -0.15) is 5.10 Å². The van der Waals surface area contributed by atoms with Crippen LogP contribution in [0, 0.1) is 5.92 Å². The van der Waals surface area contributed by atoms with Gasteiger partial charge in [0, 0.05) is 42.1 Å². The van der Waals surface area contributed by atoms with E-state index in [1.807, 2.05) is 29.1 Å². The minimum atomic E-state index is -0.629. The van der Waals surface area contributed by atoms with Gasteiger partial charge in [-0.15, -0.1) is 0 Å². The highest BCUT2D eigenvalue weighted by Gasteiger charge is 2.50. The van der Waals surface area contributed by atoms with Gasteiger partial charge in [-0.25, -0.2) is 4.98 Å². The Bertz CT molecular complexity index is 1380. The lowest BCUT2D eigenvalue weighted by Crippen LogP contribution is -2.52. The lowest BCUT2D eigenvalue weighted by molar-refractivity contribution is -0.165. The van der Waals surface area contributed by atoms with Crippen molar-refractivity contribution in [2.24, 2.45) is 11.7 Å². The zero-order valence-corrected chi connectivity index (χ0v) is 21.4. The number of nitrogens with zero attached hydrogens (tertiary/aromatic N) is 3. The summed E-state index contributed by atoms with van der Waals surface area (Å²) in [5.41, 5.74) is 8.58. The highest BCUT2D eigenvalue weighted by molar-refractivity contribution is 6.01. The molecule has 38 heavy (non-hydrogen) atoms. The summed E-state index contributed by atoms with van der Waals surface area (Å²) in [7, 11) is 1.61. The van der Waals surface area contributed by atoms with Gasteiger partial charge in [0.15, 0.2) is 0 Å². The number of carbonyl (C=O) groups is 2. The number of hydrogen-bond acceptors (Lipinski definition) is 7. The predicted octanol–water partition coefficient (Wildman–Crippen LogP) is 4.42. The second kappa shape index (κ2) is 9.75. The van der Waals surface area contributed by atoms with Gasteiger partial charge in [0.05, 0.1) is 41.9 Å². The van der Waals surface area contributed by atoms with Crippen LogP contribution in [0.25, 0.3) is 11.1 Å². The highest BCUT2D eigenvalue weighted by atomic mass is 16.5. The van der Waals surface area contributed by atoms with E-state index in [0.29, 0.717) is 22.9 Å². The summed E-state index contributed by atoms with van der Waals surface area (Å²) in [4.78, 5) is 28.6. The number of amides is 2. The third-order valence-electron chi connectivity index (χ3n) is 7.92. The van der Waals surface area contributed by atoms with Crippen LogP contribution in [0.15, 0.2) is 42.9 Å². The van der Waals surface area contributed by atoms with Crippen LogP contribution in [0.4, 0.5) is 17.2 Å². The van der Waals surface area contributed by atoms with Gasteiger partial charge in [-0.05, 0) is 51.0 Å². The van der Waals surface area contributed by atoms with E-state index >= 15 is 0 Å². The molecule has 0 bridgehead atoms. The molecule has 2 atom stereocenters. The molecule has 0 radical (unpaired) electrons. The highest BCUT2D eigenvalue weighted by Crippen LogP contribution is 2.50. The fourth-order valence-electron chi connectivity index (χ4n) is 5.58. The predicted molar refractivity (Wildman–Crippen MR) is 142 cm³/mol. The molecule has 1 spiro atoms. The van der Waals surface area contributed by atoms with Crippen LogP contribution >= 0.6 is 0 Å². The van der Waals surface area contributed by atoms with Crippen LogP contribution in [-0.4, -0.2) is 45.9 Å². The molecule has 2 amide bonds. The maximum Gasteiger partial charge on any atom is 0.252 e. The lowest BCUT2D eigenvalue weighted by Gasteiger charge is -2.51. The van der Waals surface area contributed by atoms with Crippen molar-refractivity contribution in [2.45, 2.75) is 56.6 Å². The van der Waals surface area contributed by atoms with E-state index in [1.54, 1.807) is 13.2 Å². The third kappa shape index (κ3) is 4.49. The number of ether oxygens (including phenoxy) is 2. The first-order valence-corrected chi connectivity index (χ1v) is 13.2. The van der Waals surface area contributed by atoms with Gasteiger partial charge < -0.3 is 25.8 Å². The Morgan fingerprint density at radius 1 is 1.16 bits per heavy atom. The first-order chi connectivity index (χ1) is 18.5. The number of methoxy groups -OCH3 is 1. The van der Waals surface area contributed by atoms with Crippen LogP contribution in [0.2, 0.25) is 0 Å². The molecule has 10 heteroatoms. The van der Waals surface area contributed by atoms with Crippen molar-refractivity contribution in [1.29, 1.82) is 0 Å². The first kappa shape index (κ1) is 24.4. The zero-order chi connectivity index (χ0) is 26.3. The molecule has 3 aromatic rings. The number of nitrogens with two attached hydrogens (primary N) is 1. The fourth-order valence-corrected chi connectivity index (χ4v) is 5.58. The average molecular weight is 517 g/mol. The van der Waals surface area contributed by atoms with Crippen molar-refractivity contribution >= 4 is 29.0 Å². The van der Waals surface area contributed by atoms with E-state index in [1.165, 1.54) is 12.6 Å². The number of benzene rings is 1. The minimum absolute atomic E-state index is 0.0289. The Morgan fingerprint density at radius 2 is 2.03 bits per heavy atom. The molecule has 2 saturated carbocycles. The summed E-state index contributed by atoms with van der Waals surface area (Å²) in [5, 5.41) is 10.8. The largest absolute Gasteiger partial charge is 0.494 e. The van der Waals surface area contributed by atoms with Gasteiger partial charge in [-0.1, -0.05) is 12.1 Å². The van der Waals surface area contributed by atoms with E-state index in [0.717, 1.165) is 56.3 Å². The number of carbonyl (C=O) groups excluding carboxylic acids is 2. The Morgan fingerprint density at radius 3 is 2.71 bits per heavy atom. The molecule has 6 rings (SSSR count). The molecule has 198 valence electrons. The quantitative estimate of drug-likeness (QED) is 0.404. The molecule has 4 N–H and O–H groups in total. The van der Waals surface area contributed by atoms with E-state index in [9.17, 15) is 9.59 Å². The molecular formula is C28H32N6O4. The van der Waals surface area contributed by atoms with Gasteiger partial charge in [0.25, 0.3) is 5.91 Å². The number of para-hydroxylation sites is 1. The number of hydrogen-bond donors (Lipinski definition) is 3. The molecule has 3 fully saturated rings.